The van der Waals surface area contributed by atoms with Crippen LogP contribution in [-0.4, -0.2) is 11.0 Å². The number of nitrogens with zero attached hydrogens (tertiary/aromatic N) is 1. The molecule has 1 atom stereocenters. The molecule has 1 aliphatic carbocycles. The number of thiazole rings is 1. The summed E-state index contributed by atoms with van der Waals surface area (Å²) in [6.07, 6.45) is 3.67. The number of hydrogen-bond acceptors (Lipinski definition) is 3. The van der Waals surface area contributed by atoms with Gasteiger partial charge in [0.15, 0.2) is 5.13 Å². The van der Waals surface area contributed by atoms with Crippen molar-refractivity contribution in [2.24, 2.45) is 11.3 Å². The zero-order valence-electron chi connectivity index (χ0n) is 11.6. The third-order valence-electron chi connectivity index (χ3n) is 3.58. The summed E-state index contributed by atoms with van der Waals surface area (Å²) in [4.78, 5) is 6.23. The van der Waals surface area contributed by atoms with Gasteiger partial charge >= 0.3 is 0 Å². The first-order chi connectivity index (χ1) is 7.86. The largest absolute Gasteiger partial charge is 0.359 e. The summed E-state index contributed by atoms with van der Waals surface area (Å²) in [7, 11) is 0. The number of anilines is 1. The topological polar surface area (TPSA) is 24.9 Å². The van der Waals surface area contributed by atoms with Gasteiger partial charge in [0, 0.05) is 10.9 Å². The first kappa shape index (κ1) is 12.9. The lowest BCUT2D eigenvalue weighted by Crippen LogP contribution is -2.26. The maximum atomic E-state index is 4.71. The van der Waals surface area contributed by atoms with Crippen LogP contribution in [0.25, 0.3) is 0 Å². The van der Waals surface area contributed by atoms with E-state index >= 15 is 0 Å². The standard InChI is InChI=1S/C14H24N2S/c1-9(2)15-13-16-11-7-6-10(14(3,4)5)8-12(11)17-13/h9-10H,6-8H2,1-5H3,(H,15,16). The second-order valence-corrected chi connectivity index (χ2v) is 7.58. The molecular weight excluding hydrogens is 228 g/mol. The van der Waals surface area contributed by atoms with E-state index in [1.54, 1.807) is 0 Å². The third-order valence-corrected chi connectivity index (χ3v) is 4.63. The maximum absolute atomic E-state index is 4.71. The molecule has 3 heteroatoms. The van der Waals surface area contributed by atoms with E-state index in [4.69, 9.17) is 4.98 Å². The zero-order chi connectivity index (χ0) is 12.6. The Morgan fingerprint density at radius 3 is 2.65 bits per heavy atom. The highest BCUT2D eigenvalue weighted by Gasteiger charge is 2.30. The molecule has 0 spiro atoms. The number of nitrogens with one attached hydrogen (secondary N) is 1. The Labute approximate surface area is 109 Å². The lowest BCUT2D eigenvalue weighted by atomic mass is 9.73. The Balaban J connectivity index is 2.13. The fraction of sp³-hybridized carbons (Fsp3) is 0.786. The second kappa shape index (κ2) is 4.60. The van der Waals surface area contributed by atoms with Crippen molar-refractivity contribution in [1.82, 2.24) is 4.98 Å². The van der Waals surface area contributed by atoms with Gasteiger partial charge in [0.1, 0.15) is 0 Å². The Hall–Kier alpha value is -0.570. The summed E-state index contributed by atoms with van der Waals surface area (Å²) >= 11 is 1.86. The lowest BCUT2D eigenvalue weighted by molar-refractivity contribution is 0.217. The lowest BCUT2D eigenvalue weighted by Gasteiger charge is -2.33. The van der Waals surface area contributed by atoms with Gasteiger partial charge < -0.3 is 5.32 Å². The number of fused-ring (bicyclic) bond motifs is 1. The highest BCUT2D eigenvalue weighted by atomic mass is 32.1. The van der Waals surface area contributed by atoms with Gasteiger partial charge in [-0.25, -0.2) is 4.98 Å². The molecule has 0 saturated heterocycles. The number of aromatic nitrogens is 1. The van der Waals surface area contributed by atoms with Crippen LogP contribution in [0.1, 0.15) is 51.6 Å². The number of rotatable bonds is 2. The van der Waals surface area contributed by atoms with E-state index in [0.29, 0.717) is 11.5 Å². The first-order valence-corrected chi connectivity index (χ1v) is 7.43. The molecule has 0 aliphatic heterocycles. The van der Waals surface area contributed by atoms with Crippen LogP contribution in [-0.2, 0) is 12.8 Å². The normalized spacial score (nSPS) is 20.5. The van der Waals surface area contributed by atoms with Gasteiger partial charge in [-0.1, -0.05) is 20.8 Å². The number of aryl methyl sites for hydroxylation is 1. The SMILES string of the molecule is CC(C)Nc1nc2c(s1)CC(C(C)(C)C)CC2. The molecule has 1 aromatic heterocycles. The van der Waals surface area contributed by atoms with Crippen LogP contribution in [0.15, 0.2) is 0 Å². The summed E-state index contributed by atoms with van der Waals surface area (Å²) in [5.41, 5.74) is 1.77. The van der Waals surface area contributed by atoms with Crippen molar-refractivity contribution >= 4 is 16.5 Å². The van der Waals surface area contributed by atoms with Crippen molar-refractivity contribution in [2.45, 2.75) is 59.9 Å². The molecule has 0 saturated carbocycles. The first-order valence-electron chi connectivity index (χ1n) is 6.61. The maximum Gasteiger partial charge on any atom is 0.183 e. The quantitative estimate of drug-likeness (QED) is 0.856. The van der Waals surface area contributed by atoms with Crippen LogP contribution in [0, 0.1) is 11.3 Å². The van der Waals surface area contributed by atoms with Gasteiger partial charge in [0.05, 0.1) is 5.69 Å². The van der Waals surface area contributed by atoms with Crippen molar-refractivity contribution in [2.75, 3.05) is 5.32 Å². The van der Waals surface area contributed by atoms with Crippen LogP contribution in [0.3, 0.4) is 0 Å². The molecule has 0 aromatic carbocycles. The minimum Gasteiger partial charge on any atom is -0.359 e. The minimum absolute atomic E-state index is 0.424. The molecule has 96 valence electrons. The van der Waals surface area contributed by atoms with E-state index in [1.807, 2.05) is 11.3 Å². The monoisotopic (exact) mass is 252 g/mol. The number of hydrogen-bond donors (Lipinski definition) is 1. The average molecular weight is 252 g/mol. The molecular formula is C14H24N2S. The molecule has 2 nitrogen and oxygen atoms in total. The molecule has 17 heavy (non-hydrogen) atoms. The van der Waals surface area contributed by atoms with E-state index in [-0.39, 0.29) is 0 Å². The van der Waals surface area contributed by atoms with Gasteiger partial charge in [-0.05, 0) is 44.4 Å². The van der Waals surface area contributed by atoms with Gasteiger partial charge in [-0.3, -0.25) is 0 Å². The van der Waals surface area contributed by atoms with Crippen LogP contribution in [0.5, 0.6) is 0 Å². The molecule has 1 aromatic rings. The summed E-state index contributed by atoms with van der Waals surface area (Å²) < 4.78 is 0. The van der Waals surface area contributed by atoms with Crippen molar-refractivity contribution in [3.8, 4) is 0 Å². The van der Waals surface area contributed by atoms with E-state index < -0.39 is 0 Å². The van der Waals surface area contributed by atoms with Crippen molar-refractivity contribution in [1.29, 1.82) is 0 Å². The molecule has 2 rings (SSSR count). The van der Waals surface area contributed by atoms with Gasteiger partial charge in [0.25, 0.3) is 0 Å². The summed E-state index contributed by atoms with van der Waals surface area (Å²) in [5.74, 6) is 0.808. The Morgan fingerprint density at radius 2 is 2.06 bits per heavy atom. The predicted octanol–water partition coefficient (Wildman–Crippen LogP) is 4.11. The molecule has 0 fully saturated rings. The molecule has 0 amide bonds. The van der Waals surface area contributed by atoms with Crippen molar-refractivity contribution in [3.05, 3.63) is 10.6 Å². The van der Waals surface area contributed by atoms with Gasteiger partial charge in [0.2, 0.25) is 0 Å². The van der Waals surface area contributed by atoms with Crippen LogP contribution < -0.4 is 5.32 Å². The van der Waals surface area contributed by atoms with Crippen LogP contribution in [0.2, 0.25) is 0 Å². The Morgan fingerprint density at radius 1 is 1.35 bits per heavy atom. The van der Waals surface area contributed by atoms with Crippen molar-refractivity contribution in [3.63, 3.8) is 0 Å². The third kappa shape index (κ3) is 3.01. The Bertz CT molecular complexity index is 387. The van der Waals surface area contributed by atoms with Crippen molar-refractivity contribution < 1.29 is 0 Å². The van der Waals surface area contributed by atoms with E-state index in [9.17, 15) is 0 Å². The average Bonchev–Trinajstić information content (AvgIpc) is 2.55. The summed E-state index contributed by atoms with van der Waals surface area (Å²) in [6, 6.07) is 0.473. The molecule has 1 heterocycles. The molecule has 0 bridgehead atoms. The predicted molar refractivity (Wildman–Crippen MR) is 75.8 cm³/mol. The molecule has 0 radical (unpaired) electrons. The van der Waals surface area contributed by atoms with E-state index in [2.05, 4.69) is 39.9 Å². The van der Waals surface area contributed by atoms with Gasteiger partial charge in [-0.2, -0.15) is 0 Å². The highest BCUT2D eigenvalue weighted by molar-refractivity contribution is 7.15. The fourth-order valence-electron chi connectivity index (χ4n) is 2.42. The van der Waals surface area contributed by atoms with Crippen LogP contribution >= 0.6 is 11.3 Å². The second-order valence-electron chi connectivity index (χ2n) is 6.49. The molecule has 1 aliphatic rings. The van der Waals surface area contributed by atoms with E-state index in [1.165, 1.54) is 23.4 Å². The summed E-state index contributed by atoms with van der Waals surface area (Å²) in [6.45, 7) is 11.4. The smallest absolute Gasteiger partial charge is 0.183 e. The highest BCUT2D eigenvalue weighted by Crippen LogP contribution is 2.40. The zero-order valence-corrected chi connectivity index (χ0v) is 12.4. The van der Waals surface area contributed by atoms with Crippen LogP contribution in [0.4, 0.5) is 5.13 Å². The summed E-state index contributed by atoms with van der Waals surface area (Å²) in [5, 5.41) is 4.53. The minimum atomic E-state index is 0.424. The van der Waals surface area contributed by atoms with E-state index in [0.717, 1.165) is 17.5 Å². The molecule has 1 unspecified atom stereocenters. The fourth-order valence-corrected chi connectivity index (χ4v) is 3.66. The van der Waals surface area contributed by atoms with Gasteiger partial charge in [-0.15, -0.1) is 11.3 Å². The Kier molecular flexibility index (Phi) is 3.48. The molecule has 1 N–H and O–H groups in total.